The number of carbonyl (C=O) groups excluding carboxylic acids is 2. The molecule has 0 atom stereocenters. The molecule has 2 amide bonds. The average molecular weight is 581 g/mol. The molecule has 36 heavy (non-hydrogen) atoms. The van der Waals surface area contributed by atoms with Crippen molar-refractivity contribution in [3.63, 3.8) is 0 Å². The molecule has 0 bridgehead atoms. The van der Waals surface area contributed by atoms with Crippen LogP contribution in [0.25, 0.3) is 0 Å². The van der Waals surface area contributed by atoms with Crippen molar-refractivity contribution >= 4 is 55.3 Å². The van der Waals surface area contributed by atoms with Crippen LogP contribution in [0.3, 0.4) is 0 Å². The Hall–Kier alpha value is -2.22. The Morgan fingerprint density at radius 2 is 1.22 bits per heavy atom. The first kappa shape index (κ1) is 30.0. The Kier molecular flexibility index (Phi) is 11.1. The van der Waals surface area contributed by atoms with Crippen molar-refractivity contribution < 1.29 is 35.5 Å². The standard InChI is InChI=1S/C22H26Cl2N2O8S2/c23-11-9-21(27)25(15-17-5-7-19(8-6-17)35(29,30)31)13-14-26(22(28)10-12-24)16-18-3-1-2-4-20(18)36(32,33)34/h1-8H,9-16H2,(H,29,30,31)(H,32,33,34). The molecule has 0 spiro atoms. The molecule has 2 aromatic rings. The number of rotatable bonds is 13. The van der Waals surface area contributed by atoms with Crippen LogP contribution in [0.2, 0.25) is 0 Å². The fourth-order valence-corrected chi connectivity index (χ4v) is 4.90. The van der Waals surface area contributed by atoms with E-state index in [0.717, 1.165) is 0 Å². The van der Waals surface area contributed by atoms with Crippen LogP contribution >= 0.6 is 23.2 Å². The van der Waals surface area contributed by atoms with Gasteiger partial charge in [-0.05, 0) is 29.3 Å². The molecule has 2 N–H and O–H groups in total. The summed E-state index contributed by atoms with van der Waals surface area (Å²) >= 11 is 11.5. The van der Waals surface area contributed by atoms with Gasteiger partial charge in [0.05, 0.1) is 9.79 Å². The van der Waals surface area contributed by atoms with Crippen LogP contribution in [0.4, 0.5) is 0 Å². The van der Waals surface area contributed by atoms with Crippen LogP contribution in [-0.2, 0) is 42.9 Å². The maximum atomic E-state index is 12.7. The highest BCUT2D eigenvalue weighted by Crippen LogP contribution is 2.18. The normalized spacial score (nSPS) is 11.8. The quantitative estimate of drug-likeness (QED) is 0.271. The molecule has 0 aliphatic rings. The largest absolute Gasteiger partial charge is 0.337 e. The van der Waals surface area contributed by atoms with E-state index < -0.39 is 20.2 Å². The third-order valence-electron chi connectivity index (χ3n) is 5.17. The Labute approximate surface area is 220 Å². The van der Waals surface area contributed by atoms with Gasteiger partial charge in [0.1, 0.15) is 0 Å². The smallest absolute Gasteiger partial charge is 0.294 e. The maximum absolute atomic E-state index is 12.7. The van der Waals surface area contributed by atoms with E-state index in [1.54, 1.807) is 6.07 Å². The van der Waals surface area contributed by atoms with Crippen molar-refractivity contribution in [2.24, 2.45) is 0 Å². The zero-order valence-electron chi connectivity index (χ0n) is 19.1. The van der Waals surface area contributed by atoms with Crippen molar-refractivity contribution in [2.45, 2.75) is 35.7 Å². The Morgan fingerprint density at radius 3 is 1.69 bits per heavy atom. The summed E-state index contributed by atoms with van der Waals surface area (Å²) in [5.41, 5.74) is 0.767. The van der Waals surface area contributed by atoms with Gasteiger partial charge < -0.3 is 9.80 Å². The third-order valence-corrected chi connectivity index (χ3v) is 7.37. The van der Waals surface area contributed by atoms with Gasteiger partial charge in [0.25, 0.3) is 20.2 Å². The minimum absolute atomic E-state index is 0.0197. The van der Waals surface area contributed by atoms with E-state index in [4.69, 9.17) is 27.8 Å². The zero-order chi connectivity index (χ0) is 26.9. The number of hydrogen-bond acceptors (Lipinski definition) is 6. The minimum Gasteiger partial charge on any atom is -0.337 e. The molecule has 0 saturated carbocycles. The number of nitrogens with zero attached hydrogens (tertiary/aromatic N) is 2. The Bertz CT molecular complexity index is 1270. The van der Waals surface area contributed by atoms with E-state index in [9.17, 15) is 31.0 Å². The second-order valence-electron chi connectivity index (χ2n) is 7.71. The molecule has 0 fully saturated rings. The first-order valence-corrected chi connectivity index (χ1v) is 14.6. The highest BCUT2D eigenvalue weighted by molar-refractivity contribution is 7.86. The van der Waals surface area contributed by atoms with Gasteiger partial charge in [0.2, 0.25) is 11.8 Å². The highest BCUT2D eigenvalue weighted by atomic mass is 35.5. The topological polar surface area (TPSA) is 149 Å². The summed E-state index contributed by atoms with van der Waals surface area (Å²) in [5, 5.41) is 0. The number of benzene rings is 2. The number of alkyl halides is 2. The summed E-state index contributed by atoms with van der Waals surface area (Å²) < 4.78 is 64.7. The summed E-state index contributed by atoms with van der Waals surface area (Å²) in [6.45, 7) is -0.00258. The van der Waals surface area contributed by atoms with Crippen molar-refractivity contribution in [1.82, 2.24) is 9.80 Å². The van der Waals surface area contributed by atoms with Crippen LogP contribution in [0.1, 0.15) is 24.0 Å². The first-order valence-electron chi connectivity index (χ1n) is 10.7. The molecule has 0 aromatic heterocycles. The van der Waals surface area contributed by atoms with Gasteiger partial charge in [0.15, 0.2) is 0 Å². The number of hydrogen-bond donors (Lipinski definition) is 2. The molecule has 2 aromatic carbocycles. The SMILES string of the molecule is O=C(CCCl)N(CCN(Cc1ccccc1S(=O)(=O)O)C(=O)CCCl)Cc1ccc(S(=O)(=O)O)cc1. The zero-order valence-corrected chi connectivity index (χ0v) is 22.2. The van der Waals surface area contributed by atoms with Gasteiger partial charge in [0, 0.05) is 50.8 Å². The lowest BCUT2D eigenvalue weighted by Crippen LogP contribution is -2.41. The van der Waals surface area contributed by atoms with Gasteiger partial charge in [-0.15, -0.1) is 23.2 Å². The summed E-state index contributed by atoms with van der Waals surface area (Å²) in [6, 6.07) is 11.0. The fourth-order valence-electron chi connectivity index (χ4n) is 3.38. The van der Waals surface area contributed by atoms with Crippen molar-refractivity contribution in [3.8, 4) is 0 Å². The molecule has 198 valence electrons. The molecule has 0 heterocycles. The molecular weight excluding hydrogens is 555 g/mol. The van der Waals surface area contributed by atoms with Gasteiger partial charge in [-0.3, -0.25) is 18.7 Å². The molecule has 0 aliphatic carbocycles. The monoisotopic (exact) mass is 580 g/mol. The molecule has 0 radical (unpaired) electrons. The molecular formula is C22H26Cl2N2O8S2. The molecule has 0 saturated heterocycles. The predicted octanol–water partition coefficient (Wildman–Crippen LogP) is 2.80. The van der Waals surface area contributed by atoms with E-state index >= 15 is 0 Å². The Balaban J connectivity index is 2.27. The number of carbonyl (C=O) groups is 2. The summed E-state index contributed by atoms with van der Waals surface area (Å²) in [7, 11) is -8.89. The van der Waals surface area contributed by atoms with E-state index in [1.807, 2.05) is 0 Å². The van der Waals surface area contributed by atoms with E-state index in [1.165, 1.54) is 52.3 Å². The average Bonchev–Trinajstić information content (AvgIpc) is 2.80. The summed E-state index contributed by atoms with van der Waals surface area (Å²) in [6.07, 6.45) is -0.00576. The van der Waals surface area contributed by atoms with Gasteiger partial charge >= 0.3 is 0 Å². The van der Waals surface area contributed by atoms with Crippen LogP contribution < -0.4 is 0 Å². The van der Waals surface area contributed by atoms with Gasteiger partial charge in [-0.25, -0.2) is 0 Å². The van der Waals surface area contributed by atoms with Gasteiger partial charge in [-0.2, -0.15) is 16.8 Å². The van der Waals surface area contributed by atoms with E-state index in [-0.39, 0.29) is 77.9 Å². The van der Waals surface area contributed by atoms with Crippen molar-refractivity contribution in [2.75, 3.05) is 24.8 Å². The van der Waals surface area contributed by atoms with Crippen molar-refractivity contribution in [1.29, 1.82) is 0 Å². The fraction of sp³-hybridized carbons (Fsp3) is 0.364. The first-order chi connectivity index (χ1) is 16.9. The summed E-state index contributed by atoms with van der Waals surface area (Å²) in [5.74, 6) is -0.595. The maximum Gasteiger partial charge on any atom is 0.294 e. The molecule has 10 nitrogen and oxygen atoms in total. The van der Waals surface area contributed by atoms with Crippen LogP contribution in [-0.4, -0.2) is 72.4 Å². The van der Waals surface area contributed by atoms with Crippen LogP contribution in [0, 0.1) is 0 Å². The lowest BCUT2D eigenvalue weighted by Gasteiger charge is -2.28. The van der Waals surface area contributed by atoms with Crippen LogP contribution in [0.15, 0.2) is 58.3 Å². The number of halogens is 2. The third kappa shape index (κ3) is 9.02. The molecule has 14 heteroatoms. The highest BCUT2D eigenvalue weighted by Gasteiger charge is 2.22. The minimum atomic E-state index is -4.53. The molecule has 0 unspecified atom stereocenters. The summed E-state index contributed by atoms with van der Waals surface area (Å²) in [4.78, 5) is 27.6. The lowest BCUT2D eigenvalue weighted by molar-refractivity contribution is -0.135. The van der Waals surface area contributed by atoms with Crippen LogP contribution in [0.5, 0.6) is 0 Å². The number of amides is 2. The lowest BCUT2D eigenvalue weighted by atomic mass is 10.2. The van der Waals surface area contributed by atoms with E-state index in [0.29, 0.717) is 5.56 Å². The predicted molar refractivity (Wildman–Crippen MR) is 134 cm³/mol. The second kappa shape index (κ2) is 13.4. The van der Waals surface area contributed by atoms with Gasteiger partial charge in [-0.1, -0.05) is 30.3 Å². The molecule has 2 rings (SSSR count). The van der Waals surface area contributed by atoms with Crippen molar-refractivity contribution in [3.05, 3.63) is 59.7 Å². The van der Waals surface area contributed by atoms with E-state index in [2.05, 4.69) is 0 Å². The molecule has 0 aliphatic heterocycles. The Morgan fingerprint density at radius 1 is 0.722 bits per heavy atom. The second-order valence-corrected chi connectivity index (χ2v) is 11.3.